The molecule has 0 bridgehead atoms. The lowest BCUT2D eigenvalue weighted by Gasteiger charge is -2.18. The van der Waals surface area contributed by atoms with Gasteiger partial charge in [-0.15, -0.1) is 11.3 Å². The summed E-state index contributed by atoms with van der Waals surface area (Å²) >= 11 is 1.48. The molecule has 0 aliphatic rings. The fraction of sp³-hybridized carbons (Fsp3) is 0.391. The summed E-state index contributed by atoms with van der Waals surface area (Å²) in [4.78, 5) is 47.8. The van der Waals surface area contributed by atoms with Gasteiger partial charge in [0.1, 0.15) is 10.7 Å². The van der Waals surface area contributed by atoms with E-state index in [-0.39, 0.29) is 30.3 Å². The Balaban J connectivity index is 1.60. The number of rotatable bonds is 6. The van der Waals surface area contributed by atoms with E-state index in [2.05, 4.69) is 15.3 Å². The molecule has 0 aliphatic carbocycles. The van der Waals surface area contributed by atoms with Crippen LogP contribution >= 0.6 is 11.3 Å². The molecule has 0 saturated carbocycles. The summed E-state index contributed by atoms with van der Waals surface area (Å²) in [5.74, 6) is 0.0491. The lowest BCUT2D eigenvalue weighted by Crippen LogP contribution is -2.35. The second kappa shape index (κ2) is 9.01. The molecule has 8 heteroatoms. The largest absolute Gasteiger partial charge is 0.336 e. The van der Waals surface area contributed by atoms with Gasteiger partial charge in [0, 0.05) is 30.5 Å². The van der Waals surface area contributed by atoms with Gasteiger partial charge in [-0.1, -0.05) is 17.7 Å². The van der Waals surface area contributed by atoms with E-state index in [0.29, 0.717) is 22.5 Å². The molecule has 0 aliphatic heterocycles. The highest BCUT2D eigenvalue weighted by molar-refractivity contribution is 7.18. The number of hydrogen-bond acceptors (Lipinski definition) is 5. The van der Waals surface area contributed by atoms with Gasteiger partial charge in [-0.2, -0.15) is 0 Å². The van der Waals surface area contributed by atoms with Crippen molar-refractivity contribution in [3.63, 3.8) is 0 Å². The van der Waals surface area contributed by atoms with E-state index in [4.69, 9.17) is 0 Å². The van der Waals surface area contributed by atoms with E-state index >= 15 is 0 Å². The van der Waals surface area contributed by atoms with E-state index in [1.54, 1.807) is 7.05 Å². The number of H-pyrrole nitrogens is 1. The predicted octanol–water partition coefficient (Wildman–Crippen LogP) is 3.56. The van der Waals surface area contributed by atoms with E-state index in [1.165, 1.54) is 16.2 Å². The number of thiophene rings is 1. The SMILES string of the molecule is Cc1cc(C)c(NC(=O)CN(C)C(=O)CCc2nc3sc(C)c(C)c3c(=O)[nH]2)c(C)c1. The zero-order chi connectivity index (χ0) is 22.9. The van der Waals surface area contributed by atoms with Gasteiger partial charge in [0.25, 0.3) is 5.56 Å². The van der Waals surface area contributed by atoms with Crippen LogP contribution in [0.4, 0.5) is 5.69 Å². The number of amides is 2. The van der Waals surface area contributed by atoms with Crippen LogP contribution in [-0.4, -0.2) is 40.3 Å². The van der Waals surface area contributed by atoms with Crippen molar-refractivity contribution in [3.8, 4) is 0 Å². The fourth-order valence-corrected chi connectivity index (χ4v) is 4.74. The summed E-state index contributed by atoms with van der Waals surface area (Å²) in [6, 6.07) is 4.03. The van der Waals surface area contributed by atoms with Gasteiger partial charge < -0.3 is 15.2 Å². The molecule has 164 valence electrons. The maximum atomic E-state index is 12.5. The average Bonchev–Trinajstić information content (AvgIpc) is 2.96. The summed E-state index contributed by atoms with van der Waals surface area (Å²) in [6.07, 6.45) is 0.465. The Morgan fingerprint density at radius 1 is 1.13 bits per heavy atom. The molecule has 3 aromatic rings. The quantitative estimate of drug-likeness (QED) is 0.613. The van der Waals surface area contributed by atoms with Crippen molar-refractivity contribution in [2.24, 2.45) is 0 Å². The Morgan fingerprint density at radius 3 is 2.42 bits per heavy atom. The highest BCUT2D eigenvalue weighted by atomic mass is 32.1. The Bertz CT molecular complexity index is 1200. The molecule has 0 saturated heterocycles. The topological polar surface area (TPSA) is 95.2 Å². The van der Waals surface area contributed by atoms with Crippen LogP contribution in [0, 0.1) is 34.6 Å². The smallest absolute Gasteiger partial charge is 0.259 e. The maximum absolute atomic E-state index is 12.5. The number of anilines is 1. The van der Waals surface area contributed by atoms with Gasteiger partial charge in [0.15, 0.2) is 0 Å². The van der Waals surface area contributed by atoms with Gasteiger partial charge >= 0.3 is 0 Å². The van der Waals surface area contributed by atoms with Crippen molar-refractivity contribution < 1.29 is 9.59 Å². The minimum atomic E-state index is -0.247. The normalized spacial score (nSPS) is 11.0. The zero-order valence-electron chi connectivity index (χ0n) is 18.8. The first-order chi connectivity index (χ1) is 14.6. The third-order valence-electron chi connectivity index (χ3n) is 5.41. The molecular weight excluding hydrogens is 412 g/mol. The number of carbonyl (C=O) groups is 2. The molecule has 0 radical (unpaired) electrons. The molecule has 0 unspecified atom stereocenters. The van der Waals surface area contributed by atoms with E-state index in [0.717, 1.165) is 32.8 Å². The molecule has 31 heavy (non-hydrogen) atoms. The minimum Gasteiger partial charge on any atom is -0.336 e. The standard InChI is InChI=1S/C23H28N4O3S/c1-12-9-13(2)21(14(3)10-12)26-18(28)11-27(6)19(29)8-7-17-24-22(30)20-15(4)16(5)31-23(20)25-17/h9-10H,7-8,11H2,1-6H3,(H,26,28)(H,24,25,30). The summed E-state index contributed by atoms with van der Waals surface area (Å²) in [5, 5.41) is 3.53. The number of fused-ring (bicyclic) bond motifs is 1. The van der Waals surface area contributed by atoms with Gasteiger partial charge in [0.05, 0.1) is 11.9 Å². The summed E-state index contributed by atoms with van der Waals surface area (Å²) < 4.78 is 0. The number of hydrogen-bond donors (Lipinski definition) is 2. The van der Waals surface area contributed by atoms with Crippen molar-refractivity contribution in [3.05, 3.63) is 55.4 Å². The average molecular weight is 441 g/mol. The van der Waals surface area contributed by atoms with Crippen molar-refractivity contribution >= 4 is 39.1 Å². The van der Waals surface area contributed by atoms with Gasteiger partial charge in [-0.25, -0.2) is 4.98 Å². The molecule has 1 aromatic carbocycles. The second-order valence-electron chi connectivity index (χ2n) is 8.05. The molecule has 7 nitrogen and oxygen atoms in total. The monoisotopic (exact) mass is 440 g/mol. The fourth-order valence-electron chi connectivity index (χ4n) is 3.69. The molecule has 2 N–H and O–H groups in total. The Kier molecular flexibility index (Phi) is 6.59. The van der Waals surface area contributed by atoms with Crippen molar-refractivity contribution in [1.29, 1.82) is 0 Å². The number of benzene rings is 1. The Labute approximate surface area is 185 Å². The highest BCUT2D eigenvalue weighted by Crippen LogP contribution is 2.26. The molecular formula is C23H28N4O3S. The molecule has 0 fully saturated rings. The Morgan fingerprint density at radius 2 is 1.77 bits per heavy atom. The molecule has 2 heterocycles. The first-order valence-electron chi connectivity index (χ1n) is 10.2. The second-order valence-corrected chi connectivity index (χ2v) is 9.25. The number of nitrogens with zero attached hydrogens (tertiary/aromatic N) is 2. The van der Waals surface area contributed by atoms with Crippen LogP contribution in [-0.2, 0) is 16.0 Å². The van der Waals surface area contributed by atoms with Crippen LogP contribution in [0.15, 0.2) is 16.9 Å². The van der Waals surface area contributed by atoms with Crippen LogP contribution in [0.3, 0.4) is 0 Å². The summed E-state index contributed by atoms with van der Waals surface area (Å²) in [5.41, 5.74) is 4.67. The molecule has 0 atom stereocenters. The van der Waals surface area contributed by atoms with Crippen LogP contribution in [0.2, 0.25) is 0 Å². The lowest BCUT2D eigenvalue weighted by molar-refractivity contribution is -0.133. The number of likely N-dealkylation sites (N-methyl/N-ethyl adjacent to an activating group) is 1. The van der Waals surface area contributed by atoms with Crippen LogP contribution in [0.5, 0.6) is 0 Å². The van der Waals surface area contributed by atoms with E-state index in [9.17, 15) is 14.4 Å². The lowest BCUT2D eigenvalue weighted by atomic mass is 10.1. The van der Waals surface area contributed by atoms with E-state index in [1.807, 2.05) is 46.8 Å². The predicted molar refractivity (Wildman–Crippen MR) is 125 cm³/mol. The highest BCUT2D eigenvalue weighted by Gasteiger charge is 2.16. The van der Waals surface area contributed by atoms with Crippen molar-refractivity contribution in [2.45, 2.75) is 47.5 Å². The Hall–Kier alpha value is -3.00. The first kappa shape index (κ1) is 22.7. The van der Waals surface area contributed by atoms with Gasteiger partial charge in [-0.3, -0.25) is 14.4 Å². The van der Waals surface area contributed by atoms with E-state index < -0.39 is 0 Å². The number of aryl methyl sites for hydroxylation is 6. The third kappa shape index (κ3) is 5.02. The van der Waals surface area contributed by atoms with Gasteiger partial charge in [-0.05, 0) is 51.3 Å². The first-order valence-corrected chi connectivity index (χ1v) is 11.0. The molecule has 2 aromatic heterocycles. The zero-order valence-corrected chi connectivity index (χ0v) is 19.6. The molecule has 0 spiro atoms. The number of carbonyl (C=O) groups excluding carboxylic acids is 2. The van der Waals surface area contributed by atoms with Crippen LogP contribution < -0.4 is 10.9 Å². The molecule has 3 rings (SSSR count). The minimum absolute atomic E-state index is 0.0438. The summed E-state index contributed by atoms with van der Waals surface area (Å²) in [7, 11) is 1.60. The number of aromatic amines is 1. The van der Waals surface area contributed by atoms with Crippen LogP contribution in [0.25, 0.3) is 10.2 Å². The molecule has 2 amide bonds. The maximum Gasteiger partial charge on any atom is 0.259 e. The number of nitrogens with one attached hydrogen (secondary N) is 2. The van der Waals surface area contributed by atoms with Crippen molar-refractivity contribution in [2.75, 3.05) is 18.9 Å². The van der Waals surface area contributed by atoms with Gasteiger partial charge in [0.2, 0.25) is 11.8 Å². The number of aromatic nitrogens is 2. The van der Waals surface area contributed by atoms with Crippen molar-refractivity contribution in [1.82, 2.24) is 14.9 Å². The third-order valence-corrected chi connectivity index (χ3v) is 6.51. The summed E-state index contributed by atoms with van der Waals surface area (Å²) in [6.45, 7) is 9.74. The van der Waals surface area contributed by atoms with Crippen LogP contribution in [0.1, 0.15) is 39.4 Å².